The summed E-state index contributed by atoms with van der Waals surface area (Å²) in [6, 6.07) is 15.0. The number of carbonyl (C=O) groups excluding carboxylic acids is 2. The first-order valence-electron chi connectivity index (χ1n) is 6.86. The second-order valence-electron chi connectivity index (χ2n) is 4.74. The highest BCUT2D eigenvalue weighted by Gasteiger charge is 2.09. The number of amides is 2. The minimum atomic E-state index is -0.449. The molecule has 0 saturated carbocycles. The third-order valence-corrected chi connectivity index (χ3v) is 3.24. The van der Waals surface area contributed by atoms with Crippen LogP contribution >= 0.6 is 0 Å². The van der Waals surface area contributed by atoms with Gasteiger partial charge in [0.15, 0.2) is 0 Å². The Balaban J connectivity index is 2.29. The van der Waals surface area contributed by atoms with Crippen molar-refractivity contribution >= 4 is 11.8 Å². The van der Waals surface area contributed by atoms with E-state index in [-0.39, 0.29) is 5.91 Å². The normalized spacial score (nSPS) is 10.1. The lowest BCUT2D eigenvalue weighted by atomic mass is 9.98. The fourth-order valence-corrected chi connectivity index (χ4v) is 2.12. The predicted molar refractivity (Wildman–Crippen MR) is 82.5 cm³/mol. The quantitative estimate of drug-likeness (QED) is 0.884. The van der Waals surface area contributed by atoms with E-state index in [0.29, 0.717) is 18.5 Å². The zero-order valence-corrected chi connectivity index (χ0v) is 11.9. The molecule has 2 aromatic carbocycles. The number of nitrogens with one attached hydrogen (secondary N) is 1. The van der Waals surface area contributed by atoms with E-state index in [2.05, 4.69) is 5.32 Å². The van der Waals surface area contributed by atoms with Crippen molar-refractivity contribution in [2.45, 2.75) is 19.9 Å². The number of hydrogen-bond acceptors (Lipinski definition) is 2. The van der Waals surface area contributed by atoms with E-state index in [0.717, 1.165) is 16.7 Å². The fourth-order valence-electron chi connectivity index (χ4n) is 2.12. The van der Waals surface area contributed by atoms with Crippen molar-refractivity contribution < 1.29 is 9.59 Å². The highest BCUT2D eigenvalue weighted by Crippen LogP contribution is 2.24. The van der Waals surface area contributed by atoms with E-state index in [1.807, 2.05) is 43.3 Å². The molecule has 0 saturated heterocycles. The van der Waals surface area contributed by atoms with Gasteiger partial charge in [-0.3, -0.25) is 9.59 Å². The molecule has 0 unspecified atom stereocenters. The molecule has 2 amide bonds. The average molecular weight is 282 g/mol. The first-order valence-corrected chi connectivity index (χ1v) is 6.86. The third-order valence-electron chi connectivity index (χ3n) is 3.24. The second kappa shape index (κ2) is 6.70. The second-order valence-corrected chi connectivity index (χ2v) is 4.74. The summed E-state index contributed by atoms with van der Waals surface area (Å²) in [6.45, 7) is 2.29. The first-order chi connectivity index (χ1) is 10.1. The van der Waals surface area contributed by atoms with Crippen LogP contribution in [0.4, 0.5) is 0 Å². The van der Waals surface area contributed by atoms with Crippen molar-refractivity contribution in [1.82, 2.24) is 5.32 Å². The Kier molecular flexibility index (Phi) is 4.72. The SMILES string of the molecule is CCC(=O)NCc1cccc(-c2ccccc2C(N)=O)c1. The van der Waals surface area contributed by atoms with Crippen LogP contribution in [0.3, 0.4) is 0 Å². The Hall–Kier alpha value is -2.62. The number of benzene rings is 2. The van der Waals surface area contributed by atoms with E-state index in [4.69, 9.17) is 5.73 Å². The van der Waals surface area contributed by atoms with Crippen molar-refractivity contribution in [2.75, 3.05) is 0 Å². The molecule has 2 rings (SSSR count). The smallest absolute Gasteiger partial charge is 0.249 e. The van der Waals surface area contributed by atoms with Crippen molar-refractivity contribution in [3.8, 4) is 11.1 Å². The number of rotatable bonds is 5. The van der Waals surface area contributed by atoms with E-state index < -0.39 is 5.91 Å². The molecule has 0 heterocycles. The molecule has 108 valence electrons. The Labute approximate surface area is 124 Å². The van der Waals surface area contributed by atoms with Gasteiger partial charge in [-0.05, 0) is 28.8 Å². The lowest BCUT2D eigenvalue weighted by molar-refractivity contribution is -0.120. The summed E-state index contributed by atoms with van der Waals surface area (Å²) >= 11 is 0. The number of carbonyl (C=O) groups is 2. The van der Waals surface area contributed by atoms with Crippen LogP contribution in [-0.4, -0.2) is 11.8 Å². The number of primary amides is 1. The summed E-state index contributed by atoms with van der Waals surface area (Å²) in [5, 5.41) is 2.83. The monoisotopic (exact) mass is 282 g/mol. The maximum Gasteiger partial charge on any atom is 0.249 e. The molecule has 2 aromatic rings. The van der Waals surface area contributed by atoms with Gasteiger partial charge >= 0.3 is 0 Å². The molecule has 0 aliphatic carbocycles. The molecule has 0 atom stereocenters. The Morgan fingerprint density at radius 2 is 1.86 bits per heavy atom. The number of hydrogen-bond donors (Lipinski definition) is 2. The Morgan fingerprint density at radius 3 is 2.57 bits per heavy atom. The van der Waals surface area contributed by atoms with Gasteiger partial charge in [-0.15, -0.1) is 0 Å². The zero-order valence-electron chi connectivity index (χ0n) is 11.9. The van der Waals surface area contributed by atoms with E-state index in [1.54, 1.807) is 12.1 Å². The van der Waals surface area contributed by atoms with Crippen molar-refractivity contribution in [1.29, 1.82) is 0 Å². The van der Waals surface area contributed by atoms with Gasteiger partial charge in [0.05, 0.1) is 0 Å². The van der Waals surface area contributed by atoms with Gasteiger partial charge in [-0.1, -0.05) is 43.3 Å². The highest BCUT2D eigenvalue weighted by molar-refractivity contribution is 5.99. The van der Waals surface area contributed by atoms with Crippen LogP contribution in [0.5, 0.6) is 0 Å². The van der Waals surface area contributed by atoms with E-state index in [9.17, 15) is 9.59 Å². The molecule has 21 heavy (non-hydrogen) atoms. The lowest BCUT2D eigenvalue weighted by Gasteiger charge is -2.09. The van der Waals surface area contributed by atoms with E-state index in [1.165, 1.54) is 0 Å². The average Bonchev–Trinajstić information content (AvgIpc) is 2.52. The van der Waals surface area contributed by atoms with Crippen LogP contribution < -0.4 is 11.1 Å². The van der Waals surface area contributed by atoms with Gasteiger partial charge < -0.3 is 11.1 Å². The van der Waals surface area contributed by atoms with Crippen LogP contribution in [-0.2, 0) is 11.3 Å². The van der Waals surface area contributed by atoms with Gasteiger partial charge in [0.2, 0.25) is 11.8 Å². The fraction of sp³-hybridized carbons (Fsp3) is 0.176. The summed E-state index contributed by atoms with van der Waals surface area (Å²) in [6.07, 6.45) is 0.462. The summed E-state index contributed by atoms with van der Waals surface area (Å²) < 4.78 is 0. The topological polar surface area (TPSA) is 72.2 Å². The molecule has 3 N–H and O–H groups in total. The van der Waals surface area contributed by atoms with Gasteiger partial charge in [0.1, 0.15) is 0 Å². The Morgan fingerprint density at radius 1 is 1.10 bits per heavy atom. The number of nitrogens with two attached hydrogens (primary N) is 1. The van der Waals surface area contributed by atoms with Crippen molar-refractivity contribution in [3.05, 3.63) is 59.7 Å². The molecule has 0 spiro atoms. The molecule has 0 bridgehead atoms. The van der Waals surface area contributed by atoms with Crippen LogP contribution in [0.1, 0.15) is 29.3 Å². The molecule has 4 heteroatoms. The maximum atomic E-state index is 11.5. The molecule has 0 aromatic heterocycles. The zero-order chi connectivity index (χ0) is 15.2. The summed E-state index contributed by atoms with van der Waals surface area (Å²) in [5.41, 5.74) is 8.59. The molecule has 4 nitrogen and oxygen atoms in total. The minimum Gasteiger partial charge on any atom is -0.366 e. The molecular weight excluding hydrogens is 264 g/mol. The Bertz CT molecular complexity index is 665. The summed E-state index contributed by atoms with van der Waals surface area (Å²) in [7, 11) is 0. The first kappa shape index (κ1) is 14.8. The van der Waals surface area contributed by atoms with Crippen LogP contribution in [0.15, 0.2) is 48.5 Å². The standard InChI is InChI=1S/C17H18N2O2/c1-2-16(20)19-11-12-6-5-7-13(10-12)14-8-3-4-9-15(14)17(18)21/h3-10H,2,11H2,1H3,(H2,18,21)(H,19,20). The van der Waals surface area contributed by atoms with Crippen molar-refractivity contribution in [2.24, 2.45) is 5.73 Å². The van der Waals surface area contributed by atoms with Gasteiger partial charge in [0, 0.05) is 18.5 Å². The van der Waals surface area contributed by atoms with Gasteiger partial charge in [0.25, 0.3) is 0 Å². The maximum absolute atomic E-state index is 11.5. The third kappa shape index (κ3) is 3.69. The summed E-state index contributed by atoms with van der Waals surface area (Å²) in [5.74, 6) is -0.437. The van der Waals surface area contributed by atoms with Crippen molar-refractivity contribution in [3.63, 3.8) is 0 Å². The highest BCUT2D eigenvalue weighted by atomic mass is 16.1. The van der Waals surface area contributed by atoms with Crippen LogP contribution in [0.25, 0.3) is 11.1 Å². The summed E-state index contributed by atoms with van der Waals surface area (Å²) in [4.78, 5) is 22.8. The largest absolute Gasteiger partial charge is 0.366 e. The lowest BCUT2D eigenvalue weighted by Crippen LogP contribution is -2.21. The molecule has 0 fully saturated rings. The van der Waals surface area contributed by atoms with Crippen LogP contribution in [0.2, 0.25) is 0 Å². The van der Waals surface area contributed by atoms with E-state index >= 15 is 0 Å². The van der Waals surface area contributed by atoms with Gasteiger partial charge in [-0.25, -0.2) is 0 Å². The molecule has 0 radical (unpaired) electrons. The van der Waals surface area contributed by atoms with Gasteiger partial charge in [-0.2, -0.15) is 0 Å². The minimum absolute atomic E-state index is 0.0120. The molecule has 0 aliphatic heterocycles. The predicted octanol–water partition coefficient (Wildman–Crippen LogP) is 2.48. The van der Waals surface area contributed by atoms with Crippen LogP contribution in [0, 0.1) is 0 Å². The molecule has 0 aliphatic rings. The molecular formula is C17H18N2O2.